The fourth-order valence-corrected chi connectivity index (χ4v) is 3.06. The van der Waals surface area contributed by atoms with Crippen molar-refractivity contribution < 1.29 is 9.59 Å². The highest BCUT2D eigenvalue weighted by Gasteiger charge is 2.21. The number of piperazine rings is 1. The summed E-state index contributed by atoms with van der Waals surface area (Å²) in [6.07, 6.45) is 0. The van der Waals surface area contributed by atoms with Gasteiger partial charge in [-0.2, -0.15) is 0 Å². The Balaban J connectivity index is 1.83. The molecule has 0 aliphatic carbocycles. The van der Waals surface area contributed by atoms with Crippen LogP contribution < -0.4 is 10.6 Å². The van der Waals surface area contributed by atoms with Crippen LogP contribution in [0.15, 0.2) is 23.1 Å². The zero-order chi connectivity index (χ0) is 13.2. The zero-order valence-electron chi connectivity index (χ0n) is 10.4. The van der Waals surface area contributed by atoms with Gasteiger partial charge < -0.3 is 15.5 Å². The van der Waals surface area contributed by atoms with Gasteiger partial charge in [-0.1, -0.05) is 0 Å². The van der Waals surface area contributed by atoms with Crippen molar-refractivity contribution in [3.8, 4) is 0 Å². The van der Waals surface area contributed by atoms with E-state index in [4.69, 9.17) is 0 Å². The lowest BCUT2D eigenvalue weighted by Gasteiger charge is -2.28. The van der Waals surface area contributed by atoms with Gasteiger partial charge in [0.25, 0.3) is 5.91 Å². The van der Waals surface area contributed by atoms with Gasteiger partial charge in [-0.3, -0.25) is 9.59 Å². The van der Waals surface area contributed by atoms with Crippen LogP contribution in [0.3, 0.4) is 0 Å². The maximum Gasteiger partial charge on any atom is 0.254 e. The second kappa shape index (κ2) is 5.22. The van der Waals surface area contributed by atoms with Crippen LogP contribution in [0.4, 0.5) is 5.69 Å². The number of fused-ring (bicyclic) bond motifs is 1. The minimum atomic E-state index is -0.00993. The highest BCUT2D eigenvalue weighted by Crippen LogP contribution is 2.32. The van der Waals surface area contributed by atoms with E-state index in [1.54, 1.807) is 6.07 Å². The molecule has 5 nitrogen and oxygen atoms in total. The number of benzene rings is 1. The van der Waals surface area contributed by atoms with Gasteiger partial charge in [0.15, 0.2) is 0 Å². The number of nitrogens with one attached hydrogen (secondary N) is 2. The Morgan fingerprint density at radius 2 is 2.05 bits per heavy atom. The van der Waals surface area contributed by atoms with Crippen molar-refractivity contribution in [2.75, 3.05) is 37.2 Å². The third-order valence-corrected chi connectivity index (χ3v) is 4.34. The van der Waals surface area contributed by atoms with E-state index in [1.807, 2.05) is 17.0 Å². The smallest absolute Gasteiger partial charge is 0.254 e. The van der Waals surface area contributed by atoms with E-state index in [-0.39, 0.29) is 11.8 Å². The lowest BCUT2D eigenvalue weighted by Crippen LogP contribution is -2.46. The topological polar surface area (TPSA) is 61.4 Å². The summed E-state index contributed by atoms with van der Waals surface area (Å²) < 4.78 is 0. The molecular formula is C13H15N3O2S. The molecule has 0 bridgehead atoms. The predicted molar refractivity (Wildman–Crippen MR) is 74.6 cm³/mol. The van der Waals surface area contributed by atoms with Crippen molar-refractivity contribution in [2.24, 2.45) is 0 Å². The summed E-state index contributed by atoms with van der Waals surface area (Å²) in [5.41, 5.74) is 1.39. The molecule has 19 heavy (non-hydrogen) atoms. The molecule has 2 N–H and O–H groups in total. The number of amides is 2. The average molecular weight is 277 g/mol. The molecule has 6 heteroatoms. The van der Waals surface area contributed by atoms with E-state index >= 15 is 0 Å². The van der Waals surface area contributed by atoms with Gasteiger partial charge in [-0.05, 0) is 18.2 Å². The van der Waals surface area contributed by atoms with E-state index in [1.165, 1.54) is 11.8 Å². The Kier molecular flexibility index (Phi) is 3.44. The molecule has 0 unspecified atom stereocenters. The van der Waals surface area contributed by atoms with Crippen LogP contribution in [-0.2, 0) is 4.79 Å². The first-order valence-electron chi connectivity index (χ1n) is 6.31. The van der Waals surface area contributed by atoms with Gasteiger partial charge in [-0.15, -0.1) is 11.8 Å². The summed E-state index contributed by atoms with van der Waals surface area (Å²) in [5, 5.41) is 6.04. The Bertz CT molecular complexity index is 527. The van der Waals surface area contributed by atoms with Crippen molar-refractivity contribution >= 4 is 29.3 Å². The lowest BCUT2D eigenvalue weighted by atomic mass is 10.1. The van der Waals surface area contributed by atoms with Crippen LogP contribution >= 0.6 is 11.8 Å². The predicted octanol–water partition coefficient (Wildman–Crippen LogP) is 0.776. The van der Waals surface area contributed by atoms with Crippen molar-refractivity contribution in [1.82, 2.24) is 10.2 Å². The molecule has 0 saturated carbocycles. The molecule has 0 atom stereocenters. The Labute approximate surface area is 115 Å². The number of thioether (sulfide) groups is 1. The first-order chi connectivity index (χ1) is 9.24. The number of hydrogen-bond donors (Lipinski definition) is 2. The van der Waals surface area contributed by atoms with Crippen LogP contribution in [-0.4, -0.2) is 48.6 Å². The van der Waals surface area contributed by atoms with Crippen molar-refractivity contribution in [3.63, 3.8) is 0 Å². The largest absolute Gasteiger partial charge is 0.336 e. The number of nitrogens with zero attached hydrogens (tertiary/aromatic N) is 1. The number of rotatable bonds is 1. The van der Waals surface area contributed by atoms with Crippen molar-refractivity contribution in [1.29, 1.82) is 0 Å². The quantitative estimate of drug-likeness (QED) is 0.796. The summed E-state index contributed by atoms with van der Waals surface area (Å²) >= 11 is 1.51. The number of carbonyl (C=O) groups is 2. The number of anilines is 1. The monoisotopic (exact) mass is 277 g/mol. The molecule has 100 valence electrons. The van der Waals surface area contributed by atoms with Crippen LogP contribution in [0.25, 0.3) is 0 Å². The van der Waals surface area contributed by atoms with Crippen molar-refractivity contribution in [2.45, 2.75) is 4.90 Å². The minimum absolute atomic E-state index is 0.00993. The van der Waals surface area contributed by atoms with Gasteiger partial charge in [0.2, 0.25) is 5.91 Å². The average Bonchev–Trinajstić information content (AvgIpc) is 2.46. The maximum absolute atomic E-state index is 12.3. The van der Waals surface area contributed by atoms with Gasteiger partial charge in [0.05, 0.1) is 11.4 Å². The summed E-state index contributed by atoms with van der Waals surface area (Å²) in [6.45, 7) is 3.14. The molecule has 3 rings (SSSR count). The Morgan fingerprint density at radius 3 is 2.84 bits per heavy atom. The maximum atomic E-state index is 12.3. The third kappa shape index (κ3) is 2.59. The van der Waals surface area contributed by atoms with Crippen LogP contribution in [0.1, 0.15) is 10.4 Å². The molecule has 2 aliphatic rings. The summed E-state index contributed by atoms with van der Waals surface area (Å²) in [4.78, 5) is 26.6. The standard InChI is InChI=1S/C13H15N3O2S/c17-12-8-19-11-2-1-9(7-10(11)15-12)13(18)16-5-3-14-4-6-16/h1-2,7,14H,3-6,8H2,(H,15,17). The molecular weight excluding hydrogens is 262 g/mol. The molecule has 2 amide bonds. The summed E-state index contributed by atoms with van der Waals surface area (Å²) in [6, 6.07) is 5.53. The van der Waals surface area contributed by atoms with Gasteiger partial charge in [0.1, 0.15) is 0 Å². The normalized spacial score (nSPS) is 18.7. The van der Waals surface area contributed by atoms with E-state index in [0.29, 0.717) is 11.3 Å². The highest BCUT2D eigenvalue weighted by atomic mass is 32.2. The third-order valence-electron chi connectivity index (χ3n) is 3.26. The molecule has 1 aromatic rings. The number of hydrogen-bond acceptors (Lipinski definition) is 4. The van der Waals surface area contributed by atoms with Crippen LogP contribution in [0.5, 0.6) is 0 Å². The molecule has 0 spiro atoms. The zero-order valence-corrected chi connectivity index (χ0v) is 11.3. The SMILES string of the molecule is O=C1CSc2ccc(C(=O)N3CCNCC3)cc2N1. The van der Waals surface area contributed by atoms with E-state index < -0.39 is 0 Å². The minimum Gasteiger partial charge on any atom is -0.336 e. The number of carbonyl (C=O) groups excluding carboxylic acids is 2. The molecule has 0 aromatic heterocycles. The second-order valence-electron chi connectivity index (χ2n) is 4.59. The lowest BCUT2D eigenvalue weighted by molar-refractivity contribution is -0.113. The van der Waals surface area contributed by atoms with E-state index in [9.17, 15) is 9.59 Å². The first-order valence-corrected chi connectivity index (χ1v) is 7.29. The fraction of sp³-hybridized carbons (Fsp3) is 0.385. The Morgan fingerprint density at radius 1 is 1.26 bits per heavy atom. The molecule has 2 aliphatic heterocycles. The molecule has 2 heterocycles. The second-order valence-corrected chi connectivity index (χ2v) is 5.61. The summed E-state index contributed by atoms with van der Waals surface area (Å²) in [5.74, 6) is 0.469. The Hall–Kier alpha value is -1.53. The molecule has 1 aromatic carbocycles. The van der Waals surface area contributed by atoms with Crippen molar-refractivity contribution in [3.05, 3.63) is 23.8 Å². The molecule has 1 fully saturated rings. The van der Waals surface area contributed by atoms with Gasteiger partial charge in [-0.25, -0.2) is 0 Å². The van der Waals surface area contributed by atoms with E-state index in [0.717, 1.165) is 36.8 Å². The van der Waals surface area contributed by atoms with Crippen LogP contribution in [0.2, 0.25) is 0 Å². The highest BCUT2D eigenvalue weighted by molar-refractivity contribution is 8.00. The first kappa shape index (κ1) is 12.5. The molecule has 1 saturated heterocycles. The molecule has 0 radical (unpaired) electrons. The fourth-order valence-electron chi connectivity index (χ4n) is 2.27. The van der Waals surface area contributed by atoms with E-state index in [2.05, 4.69) is 10.6 Å². The summed E-state index contributed by atoms with van der Waals surface area (Å²) in [7, 11) is 0. The van der Waals surface area contributed by atoms with Crippen LogP contribution in [0, 0.1) is 0 Å². The van der Waals surface area contributed by atoms with Gasteiger partial charge >= 0.3 is 0 Å². The van der Waals surface area contributed by atoms with Gasteiger partial charge in [0, 0.05) is 36.6 Å².